The standard InChI is InChI=1S/C9H14N6S/c1-11-9(16)13-8-7-12-15(14-8)6-4-2-3-5-10/h7H,2-4,6H2,1H3,(H2,11,13,14,16). The van der Waals surface area contributed by atoms with Crippen LogP contribution in [0.5, 0.6) is 0 Å². The van der Waals surface area contributed by atoms with Gasteiger partial charge in [0.25, 0.3) is 0 Å². The molecule has 7 heteroatoms. The highest BCUT2D eigenvalue weighted by molar-refractivity contribution is 7.80. The van der Waals surface area contributed by atoms with Gasteiger partial charge in [-0.25, -0.2) is 0 Å². The molecule has 0 radical (unpaired) electrons. The minimum Gasteiger partial charge on any atom is -0.365 e. The maximum absolute atomic E-state index is 8.37. The Kier molecular flexibility index (Phi) is 5.22. The van der Waals surface area contributed by atoms with E-state index in [-0.39, 0.29) is 0 Å². The smallest absolute Gasteiger partial charge is 0.174 e. The molecular formula is C9H14N6S. The third-order valence-corrected chi connectivity index (χ3v) is 2.21. The zero-order chi connectivity index (χ0) is 11.8. The normalized spacial score (nSPS) is 9.50. The van der Waals surface area contributed by atoms with Crippen molar-refractivity contribution in [2.24, 2.45) is 0 Å². The average Bonchev–Trinajstić information content (AvgIpc) is 2.72. The molecule has 0 aliphatic heterocycles. The van der Waals surface area contributed by atoms with E-state index in [9.17, 15) is 0 Å². The summed E-state index contributed by atoms with van der Waals surface area (Å²) in [7, 11) is 1.74. The number of unbranched alkanes of at least 4 members (excludes halogenated alkanes) is 2. The van der Waals surface area contributed by atoms with Crippen LogP contribution in [0.2, 0.25) is 0 Å². The number of hydrogen-bond donors (Lipinski definition) is 2. The lowest BCUT2D eigenvalue weighted by atomic mass is 10.2. The van der Waals surface area contributed by atoms with Crippen LogP contribution in [0.3, 0.4) is 0 Å². The van der Waals surface area contributed by atoms with E-state index in [0.29, 0.717) is 17.4 Å². The summed E-state index contributed by atoms with van der Waals surface area (Å²) in [4.78, 5) is 1.60. The topological polar surface area (TPSA) is 78.6 Å². The molecule has 1 rings (SSSR count). The van der Waals surface area contributed by atoms with Crippen LogP contribution in [0, 0.1) is 11.3 Å². The van der Waals surface area contributed by atoms with Crippen LogP contribution in [0.25, 0.3) is 0 Å². The average molecular weight is 238 g/mol. The Morgan fingerprint density at radius 3 is 3.12 bits per heavy atom. The summed E-state index contributed by atoms with van der Waals surface area (Å²) in [6, 6.07) is 2.11. The van der Waals surface area contributed by atoms with E-state index in [1.807, 2.05) is 0 Å². The van der Waals surface area contributed by atoms with Crippen molar-refractivity contribution in [1.82, 2.24) is 20.3 Å². The summed E-state index contributed by atoms with van der Waals surface area (Å²) < 4.78 is 0. The van der Waals surface area contributed by atoms with Crippen LogP contribution in [0.15, 0.2) is 6.20 Å². The van der Waals surface area contributed by atoms with Gasteiger partial charge >= 0.3 is 0 Å². The van der Waals surface area contributed by atoms with Gasteiger partial charge in [0.1, 0.15) is 0 Å². The molecule has 0 atom stereocenters. The van der Waals surface area contributed by atoms with Crippen molar-refractivity contribution >= 4 is 23.1 Å². The van der Waals surface area contributed by atoms with Crippen LogP contribution in [-0.2, 0) is 6.54 Å². The summed E-state index contributed by atoms with van der Waals surface area (Å²) in [6.45, 7) is 0.718. The van der Waals surface area contributed by atoms with Gasteiger partial charge in [-0.1, -0.05) is 0 Å². The Hall–Kier alpha value is -1.68. The first-order chi connectivity index (χ1) is 7.76. The second-order valence-electron chi connectivity index (χ2n) is 3.15. The van der Waals surface area contributed by atoms with Crippen LogP contribution in [0.4, 0.5) is 5.82 Å². The highest BCUT2D eigenvalue weighted by atomic mass is 32.1. The van der Waals surface area contributed by atoms with Gasteiger partial charge in [-0.2, -0.15) is 15.2 Å². The summed E-state index contributed by atoms with van der Waals surface area (Å²) in [5, 5.41) is 22.8. The predicted octanol–water partition coefficient (Wildman–Crippen LogP) is 0.888. The van der Waals surface area contributed by atoms with E-state index in [4.69, 9.17) is 17.5 Å². The zero-order valence-corrected chi connectivity index (χ0v) is 9.92. The Labute approximate surface area is 99.6 Å². The third kappa shape index (κ3) is 4.23. The fraction of sp³-hybridized carbons (Fsp3) is 0.556. The first-order valence-corrected chi connectivity index (χ1v) is 5.43. The number of nitrogens with one attached hydrogen (secondary N) is 2. The van der Waals surface area contributed by atoms with Gasteiger partial charge in [0, 0.05) is 13.5 Å². The fourth-order valence-corrected chi connectivity index (χ4v) is 1.20. The van der Waals surface area contributed by atoms with E-state index in [0.717, 1.165) is 19.4 Å². The maximum Gasteiger partial charge on any atom is 0.174 e. The van der Waals surface area contributed by atoms with Gasteiger partial charge in [0.05, 0.1) is 18.8 Å². The highest BCUT2D eigenvalue weighted by Gasteiger charge is 2.01. The molecule has 1 aromatic heterocycles. The maximum atomic E-state index is 8.37. The third-order valence-electron chi connectivity index (χ3n) is 1.90. The molecule has 0 saturated carbocycles. The summed E-state index contributed by atoms with van der Waals surface area (Å²) in [5.41, 5.74) is 0. The summed E-state index contributed by atoms with van der Waals surface area (Å²) >= 11 is 4.93. The van der Waals surface area contributed by atoms with Crippen molar-refractivity contribution in [3.8, 4) is 6.07 Å². The number of rotatable bonds is 5. The van der Waals surface area contributed by atoms with Crippen LogP contribution in [-0.4, -0.2) is 27.2 Å². The zero-order valence-electron chi connectivity index (χ0n) is 9.10. The molecule has 0 aliphatic carbocycles. The Morgan fingerprint density at radius 1 is 1.62 bits per heavy atom. The first-order valence-electron chi connectivity index (χ1n) is 5.02. The Morgan fingerprint density at radius 2 is 2.44 bits per heavy atom. The van der Waals surface area contributed by atoms with Crippen molar-refractivity contribution in [2.75, 3.05) is 12.4 Å². The van der Waals surface area contributed by atoms with E-state index in [1.54, 1.807) is 18.0 Å². The molecule has 1 heterocycles. The van der Waals surface area contributed by atoms with Gasteiger partial charge in [0.2, 0.25) is 0 Å². The van der Waals surface area contributed by atoms with Gasteiger partial charge in [-0.15, -0.1) is 5.10 Å². The number of anilines is 1. The molecule has 0 fully saturated rings. The minimum absolute atomic E-state index is 0.511. The van der Waals surface area contributed by atoms with E-state index < -0.39 is 0 Å². The van der Waals surface area contributed by atoms with Gasteiger partial charge in [-0.3, -0.25) is 0 Å². The van der Waals surface area contributed by atoms with E-state index in [1.165, 1.54) is 0 Å². The molecule has 1 aromatic rings. The fourth-order valence-electron chi connectivity index (χ4n) is 1.10. The summed E-state index contributed by atoms with van der Waals surface area (Å²) in [6.07, 6.45) is 3.97. The molecular weight excluding hydrogens is 224 g/mol. The lowest BCUT2D eigenvalue weighted by Crippen LogP contribution is -2.24. The lowest BCUT2D eigenvalue weighted by Gasteiger charge is -2.01. The van der Waals surface area contributed by atoms with E-state index >= 15 is 0 Å². The van der Waals surface area contributed by atoms with E-state index in [2.05, 4.69) is 26.9 Å². The van der Waals surface area contributed by atoms with Gasteiger partial charge in [0.15, 0.2) is 10.9 Å². The monoisotopic (exact) mass is 238 g/mol. The number of nitriles is 1. The minimum atomic E-state index is 0.511. The molecule has 16 heavy (non-hydrogen) atoms. The molecule has 86 valence electrons. The molecule has 0 saturated heterocycles. The SMILES string of the molecule is CNC(=S)Nc1cnn(CCCCC#N)n1. The molecule has 0 bridgehead atoms. The van der Waals surface area contributed by atoms with Crippen LogP contribution in [0.1, 0.15) is 19.3 Å². The van der Waals surface area contributed by atoms with Gasteiger partial charge < -0.3 is 10.6 Å². The van der Waals surface area contributed by atoms with Crippen molar-refractivity contribution in [3.63, 3.8) is 0 Å². The molecule has 0 amide bonds. The van der Waals surface area contributed by atoms with Crippen LogP contribution < -0.4 is 10.6 Å². The quantitative estimate of drug-likeness (QED) is 0.586. The second-order valence-corrected chi connectivity index (χ2v) is 3.55. The second kappa shape index (κ2) is 6.74. The molecule has 0 spiro atoms. The number of nitrogens with zero attached hydrogens (tertiary/aromatic N) is 4. The van der Waals surface area contributed by atoms with Crippen molar-refractivity contribution in [3.05, 3.63) is 6.20 Å². The van der Waals surface area contributed by atoms with Gasteiger partial charge in [-0.05, 0) is 25.1 Å². The molecule has 0 unspecified atom stereocenters. The molecule has 2 N–H and O–H groups in total. The summed E-state index contributed by atoms with van der Waals surface area (Å²) in [5.74, 6) is 0.625. The Balaban J connectivity index is 2.34. The molecule has 6 nitrogen and oxygen atoms in total. The Bertz CT molecular complexity index is 380. The van der Waals surface area contributed by atoms with Crippen molar-refractivity contribution in [1.29, 1.82) is 5.26 Å². The largest absolute Gasteiger partial charge is 0.365 e. The first kappa shape index (κ1) is 12.4. The molecule has 0 aromatic carbocycles. The number of aryl methyl sites for hydroxylation is 1. The number of aromatic nitrogens is 3. The lowest BCUT2D eigenvalue weighted by molar-refractivity contribution is 0.503. The highest BCUT2D eigenvalue weighted by Crippen LogP contribution is 2.01. The number of thiocarbonyl (C=S) groups is 1. The van der Waals surface area contributed by atoms with Crippen molar-refractivity contribution in [2.45, 2.75) is 25.8 Å². The molecule has 0 aliphatic rings. The predicted molar refractivity (Wildman–Crippen MR) is 64.8 cm³/mol. The van der Waals surface area contributed by atoms with Crippen molar-refractivity contribution < 1.29 is 0 Å². The number of hydrogen-bond acceptors (Lipinski definition) is 4. The van der Waals surface area contributed by atoms with Crippen LogP contribution >= 0.6 is 12.2 Å².